The first-order valence-corrected chi connectivity index (χ1v) is 11.8. The Labute approximate surface area is 200 Å². The molecule has 7 nitrogen and oxygen atoms in total. The van der Waals surface area contributed by atoms with Crippen LogP contribution in [-0.2, 0) is 9.59 Å². The van der Waals surface area contributed by atoms with E-state index in [9.17, 15) is 9.59 Å². The highest BCUT2D eigenvalue weighted by atomic mass is 16.2. The molecule has 1 aromatic heterocycles. The highest BCUT2D eigenvalue weighted by Crippen LogP contribution is 2.28. The largest absolute Gasteiger partial charge is 0.353 e. The lowest BCUT2D eigenvalue weighted by molar-refractivity contribution is -0.136. The van der Waals surface area contributed by atoms with Crippen molar-refractivity contribution in [2.24, 2.45) is 5.92 Å². The van der Waals surface area contributed by atoms with E-state index < -0.39 is 0 Å². The fourth-order valence-corrected chi connectivity index (χ4v) is 4.73. The van der Waals surface area contributed by atoms with Crippen LogP contribution in [0.5, 0.6) is 0 Å². The Bertz CT molecular complexity index is 1190. The number of amides is 2. The van der Waals surface area contributed by atoms with Gasteiger partial charge in [0.1, 0.15) is 11.6 Å². The summed E-state index contributed by atoms with van der Waals surface area (Å²) in [5.41, 5.74) is 3.98. The van der Waals surface area contributed by atoms with Crippen LogP contribution >= 0.6 is 0 Å². The molecule has 1 atom stereocenters. The highest BCUT2D eigenvalue weighted by Gasteiger charge is 2.38. The Balaban J connectivity index is 1.23. The number of aryl methyl sites for hydroxylation is 2. The fraction of sp³-hybridized carbons (Fsp3) is 0.333. The number of rotatable bonds is 4. The first-order valence-electron chi connectivity index (χ1n) is 11.8. The van der Waals surface area contributed by atoms with Gasteiger partial charge in [-0.15, -0.1) is 0 Å². The smallest absolute Gasteiger partial charge is 0.228 e. The molecule has 3 aromatic rings. The second-order valence-electron chi connectivity index (χ2n) is 9.08. The standard InChI is InChI=1S/C27H29N5O2/c1-19-8-10-23(11-9-19)32-18-22(16-26(32)33)27(34)31-14-12-30(13-15-31)25-17-24(28-20(2)29-25)21-6-4-3-5-7-21/h3-11,17,22H,12-16,18H2,1-2H3. The van der Waals surface area contributed by atoms with E-state index in [-0.39, 0.29) is 24.2 Å². The zero-order chi connectivity index (χ0) is 23.7. The number of piperazine rings is 1. The molecule has 2 aromatic carbocycles. The van der Waals surface area contributed by atoms with E-state index in [4.69, 9.17) is 0 Å². The van der Waals surface area contributed by atoms with Crippen LogP contribution in [0.3, 0.4) is 0 Å². The SMILES string of the molecule is Cc1ccc(N2CC(C(=O)N3CCN(c4cc(-c5ccccc5)nc(C)n4)CC3)CC2=O)cc1. The van der Waals surface area contributed by atoms with Gasteiger partial charge in [0.25, 0.3) is 0 Å². The van der Waals surface area contributed by atoms with Crippen molar-refractivity contribution < 1.29 is 9.59 Å². The van der Waals surface area contributed by atoms with Crippen LogP contribution in [0.15, 0.2) is 60.7 Å². The van der Waals surface area contributed by atoms with E-state index >= 15 is 0 Å². The summed E-state index contributed by atoms with van der Waals surface area (Å²) in [7, 11) is 0. The maximum absolute atomic E-state index is 13.2. The Morgan fingerprint density at radius 3 is 2.32 bits per heavy atom. The van der Waals surface area contributed by atoms with Gasteiger partial charge in [0.2, 0.25) is 11.8 Å². The second-order valence-corrected chi connectivity index (χ2v) is 9.08. The van der Waals surface area contributed by atoms with Gasteiger partial charge in [-0.1, -0.05) is 48.0 Å². The van der Waals surface area contributed by atoms with E-state index in [0.29, 0.717) is 32.7 Å². The molecule has 34 heavy (non-hydrogen) atoms. The third kappa shape index (κ3) is 4.51. The Kier molecular flexibility index (Phi) is 6.01. The summed E-state index contributed by atoms with van der Waals surface area (Å²) >= 11 is 0. The topological polar surface area (TPSA) is 69.6 Å². The first-order chi connectivity index (χ1) is 16.5. The van der Waals surface area contributed by atoms with Gasteiger partial charge in [0.05, 0.1) is 11.6 Å². The Morgan fingerprint density at radius 1 is 0.912 bits per heavy atom. The Hall–Kier alpha value is -3.74. The highest BCUT2D eigenvalue weighted by molar-refractivity contribution is 6.00. The lowest BCUT2D eigenvalue weighted by Crippen LogP contribution is -2.51. The van der Waals surface area contributed by atoms with Crippen LogP contribution in [0.4, 0.5) is 11.5 Å². The Morgan fingerprint density at radius 2 is 1.62 bits per heavy atom. The summed E-state index contributed by atoms with van der Waals surface area (Å²) < 4.78 is 0. The minimum atomic E-state index is -0.286. The first kappa shape index (κ1) is 22.1. The number of anilines is 2. The molecule has 2 saturated heterocycles. The van der Waals surface area contributed by atoms with Crippen molar-refractivity contribution in [2.75, 3.05) is 42.5 Å². The van der Waals surface area contributed by atoms with Crippen molar-refractivity contribution in [2.45, 2.75) is 20.3 Å². The molecule has 7 heteroatoms. The van der Waals surface area contributed by atoms with Crippen molar-refractivity contribution in [3.63, 3.8) is 0 Å². The van der Waals surface area contributed by atoms with Gasteiger partial charge in [-0.3, -0.25) is 9.59 Å². The van der Waals surface area contributed by atoms with Crippen LogP contribution < -0.4 is 9.80 Å². The zero-order valence-electron chi connectivity index (χ0n) is 19.6. The lowest BCUT2D eigenvalue weighted by Gasteiger charge is -2.36. The quantitative estimate of drug-likeness (QED) is 0.603. The number of hydrogen-bond acceptors (Lipinski definition) is 5. The van der Waals surface area contributed by atoms with Crippen LogP contribution in [0, 0.1) is 19.8 Å². The summed E-state index contributed by atoms with van der Waals surface area (Å²) in [5, 5.41) is 0. The molecular formula is C27H29N5O2. The predicted octanol–water partition coefficient (Wildman–Crippen LogP) is 3.46. The number of carbonyl (C=O) groups excluding carboxylic acids is 2. The third-order valence-corrected chi connectivity index (χ3v) is 6.63. The molecule has 1 unspecified atom stereocenters. The lowest BCUT2D eigenvalue weighted by atomic mass is 10.1. The summed E-state index contributed by atoms with van der Waals surface area (Å²) in [6.07, 6.45) is 0.276. The van der Waals surface area contributed by atoms with E-state index in [1.165, 1.54) is 0 Å². The van der Waals surface area contributed by atoms with Gasteiger partial charge in [-0.2, -0.15) is 0 Å². The second kappa shape index (κ2) is 9.25. The number of benzene rings is 2. The minimum absolute atomic E-state index is 0.0192. The predicted molar refractivity (Wildman–Crippen MR) is 133 cm³/mol. The van der Waals surface area contributed by atoms with Crippen LogP contribution in [-0.4, -0.2) is 59.4 Å². The fourth-order valence-electron chi connectivity index (χ4n) is 4.73. The van der Waals surface area contributed by atoms with Crippen LogP contribution in [0.2, 0.25) is 0 Å². The molecule has 2 amide bonds. The molecule has 0 aliphatic carbocycles. The molecule has 2 aliphatic heterocycles. The molecule has 0 N–H and O–H groups in total. The minimum Gasteiger partial charge on any atom is -0.353 e. The maximum Gasteiger partial charge on any atom is 0.228 e. The molecule has 2 aliphatic rings. The normalized spacial score (nSPS) is 18.5. The number of hydrogen-bond donors (Lipinski definition) is 0. The van der Waals surface area contributed by atoms with Gasteiger partial charge in [0, 0.05) is 56.5 Å². The summed E-state index contributed by atoms with van der Waals surface area (Å²) in [4.78, 5) is 40.9. The van der Waals surface area contributed by atoms with E-state index in [1.807, 2.05) is 79.4 Å². The molecule has 0 spiro atoms. The van der Waals surface area contributed by atoms with Crippen LogP contribution in [0.25, 0.3) is 11.3 Å². The monoisotopic (exact) mass is 455 g/mol. The number of nitrogens with zero attached hydrogens (tertiary/aromatic N) is 5. The van der Waals surface area contributed by atoms with Gasteiger partial charge in [-0.25, -0.2) is 9.97 Å². The van der Waals surface area contributed by atoms with Gasteiger partial charge >= 0.3 is 0 Å². The van der Waals surface area contributed by atoms with Crippen molar-refractivity contribution >= 4 is 23.3 Å². The molecule has 0 saturated carbocycles. The van der Waals surface area contributed by atoms with E-state index in [2.05, 4.69) is 14.9 Å². The van der Waals surface area contributed by atoms with Crippen molar-refractivity contribution in [1.82, 2.24) is 14.9 Å². The average Bonchev–Trinajstić information content (AvgIpc) is 3.26. The molecular weight excluding hydrogens is 426 g/mol. The number of aromatic nitrogens is 2. The average molecular weight is 456 g/mol. The van der Waals surface area contributed by atoms with Crippen molar-refractivity contribution in [3.8, 4) is 11.3 Å². The van der Waals surface area contributed by atoms with Crippen molar-refractivity contribution in [3.05, 3.63) is 72.1 Å². The summed E-state index contributed by atoms with van der Waals surface area (Å²) in [6.45, 7) is 7.04. The van der Waals surface area contributed by atoms with Crippen LogP contribution in [0.1, 0.15) is 17.8 Å². The van der Waals surface area contributed by atoms with E-state index in [0.717, 1.165) is 34.2 Å². The molecule has 5 rings (SSSR count). The molecule has 0 radical (unpaired) electrons. The third-order valence-electron chi connectivity index (χ3n) is 6.63. The molecule has 174 valence electrons. The van der Waals surface area contributed by atoms with Gasteiger partial charge in [-0.05, 0) is 26.0 Å². The maximum atomic E-state index is 13.2. The number of carbonyl (C=O) groups is 2. The molecule has 3 heterocycles. The van der Waals surface area contributed by atoms with E-state index in [1.54, 1.807) is 4.90 Å². The van der Waals surface area contributed by atoms with Gasteiger partial charge in [0.15, 0.2) is 0 Å². The molecule has 2 fully saturated rings. The van der Waals surface area contributed by atoms with Crippen molar-refractivity contribution in [1.29, 1.82) is 0 Å². The van der Waals surface area contributed by atoms with Gasteiger partial charge < -0.3 is 14.7 Å². The molecule has 0 bridgehead atoms. The summed E-state index contributed by atoms with van der Waals surface area (Å²) in [6, 6.07) is 20.0. The zero-order valence-corrected chi connectivity index (χ0v) is 19.6. The summed E-state index contributed by atoms with van der Waals surface area (Å²) in [5.74, 6) is 1.43.